The topological polar surface area (TPSA) is 59.4 Å². The Labute approximate surface area is 169 Å². The van der Waals surface area contributed by atoms with Crippen LogP contribution in [0.5, 0.6) is 0 Å². The predicted octanol–water partition coefficient (Wildman–Crippen LogP) is 5.09. The molecule has 0 amide bonds. The molecule has 0 aliphatic carbocycles. The highest BCUT2D eigenvalue weighted by Crippen LogP contribution is 2.46. The van der Waals surface area contributed by atoms with Gasteiger partial charge in [0.2, 0.25) is 0 Å². The van der Waals surface area contributed by atoms with Crippen molar-refractivity contribution in [2.45, 2.75) is 50.5 Å². The summed E-state index contributed by atoms with van der Waals surface area (Å²) in [6.07, 6.45) is 1.59. The third-order valence-corrected chi connectivity index (χ3v) is 6.68. The molecule has 8 heteroatoms. The van der Waals surface area contributed by atoms with Gasteiger partial charge in [0.15, 0.2) is 5.82 Å². The number of ether oxygens (including phenoxy) is 1. The molecule has 3 heterocycles. The number of rotatable bonds is 2. The van der Waals surface area contributed by atoms with Crippen molar-refractivity contribution in [3.05, 3.63) is 50.0 Å². The molecule has 144 valence electrons. The fourth-order valence-corrected chi connectivity index (χ4v) is 5.29. The maximum atomic E-state index is 14.6. The molecule has 5 nitrogen and oxygen atoms in total. The average Bonchev–Trinajstić information content (AvgIpc) is 2.90. The zero-order valence-electron chi connectivity index (χ0n) is 15.4. The van der Waals surface area contributed by atoms with Crippen molar-refractivity contribution in [1.82, 2.24) is 9.78 Å². The van der Waals surface area contributed by atoms with Gasteiger partial charge in [-0.25, -0.2) is 9.38 Å². The molecule has 2 aliphatic heterocycles. The van der Waals surface area contributed by atoms with E-state index in [1.54, 1.807) is 12.1 Å². The van der Waals surface area contributed by atoms with E-state index in [2.05, 4.69) is 39.9 Å². The van der Waals surface area contributed by atoms with Crippen LogP contribution >= 0.6 is 27.7 Å². The lowest BCUT2D eigenvalue weighted by Crippen LogP contribution is -2.35. The number of nitrogens with zero attached hydrogens (tertiary/aromatic N) is 2. The summed E-state index contributed by atoms with van der Waals surface area (Å²) in [5, 5.41) is 3.37. The summed E-state index contributed by atoms with van der Waals surface area (Å²) >= 11 is 4.70. The Morgan fingerprint density at radius 3 is 2.93 bits per heavy atom. The standard InChI is InChI=1S/C19H21BrFN3O2S/c1-10-22-17-15(16(27-10)13-5-4-11(20)8-14(13)21)18(25)23-24(17)12-6-7-26-19(2,3)9-12/h4-5,8,12,16H,6-7,9H2,1-3H3,(H,23,25)/t12-,16+/m0/s1. The van der Waals surface area contributed by atoms with Crippen LogP contribution in [0.1, 0.15) is 56.0 Å². The minimum Gasteiger partial charge on any atom is -0.375 e. The lowest BCUT2D eigenvalue weighted by atomic mass is 9.94. The molecular weight excluding hydrogens is 433 g/mol. The second kappa shape index (κ2) is 6.90. The highest BCUT2D eigenvalue weighted by Gasteiger charge is 2.36. The molecule has 1 fully saturated rings. The predicted molar refractivity (Wildman–Crippen MR) is 110 cm³/mol. The minimum atomic E-state index is -0.413. The third-order valence-electron chi connectivity index (χ3n) is 5.03. The van der Waals surface area contributed by atoms with Gasteiger partial charge in [-0.15, -0.1) is 0 Å². The molecular formula is C19H21BrFN3O2S. The van der Waals surface area contributed by atoms with E-state index in [1.807, 2.05) is 11.6 Å². The number of H-pyrrole nitrogens is 1. The third kappa shape index (κ3) is 3.54. The molecule has 0 saturated carbocycles. The Kier molecular flexibility index (Phi) is 4.84. The molecule has 1 N–H and O–H groups in total. The van der Waals surface area contributed by atoms with Crippen molar-refractivity contribution in [2.75, 3.05) is 6.61 Å². The smallest absolute Gasteiger partial charge is 0.271 e. The number of nitrogens with one attached hydrogen (secondary N) is 1. The Balaban J connectivity index is 1.82. The Hall–Kier alpha value is -1.38. The van der Waals surface area contributed by atoms with Crippen LogP contribution in [0.3, 0.4) is 0 Å². The maximum Gasteiger partial charge on any atom is 0.271 e. The summed E-state index contributed by atoms with van der Waals surface area (Å²) < 4.78 is 23.0. The van der Waals surface area contributed by atoms with Crippen LogP contribution in [-0.4, -0.2) is 27.0 Å². The van der Waals surface area contributed by atoms with Crippen molar-refractivity contribution in [1.29, 1.82) is 0 Å². The first kappa shape index (κ1) is 19.0. The summed E-state index contributed by atoms with van der Waals surface area (Å²) in [4.78, 5) is 17.5. The number of aliphatic imine (C=N–C) groups is 1. The molecule has 0 radical (unpaired) electrons. The Morgan fingerprint density at radius 1 is 1.44 bits per heavy atom. The van der Waals surface area contributed by atoms with Crippen molar-refractivity contribution >= 4 is 38.6 Å². The number of aromatic amines is 1. The summed E-state index contributed by atoms with van der Waals surface area (Å²) in [6, 6.07) is 5.06. The van der Waals surface area contributed by atoms with Gasteiger partial charge in [-0.1, -0.05) is 33.8 Å². The summed E-state index contributed by atoms with van der Waals surface area (Å²) in [5.41, 5.74) is 0.562. The quantitative estimate of drug-likeness (QED) is 0.688. The van der Waals surface area contributed by atoms with E-state index in [0.717, 1.165) is 17.9 Å². The summed E-state index contributed by atoms with van der Waals surface area (Å²) in [7, 11) is 0. The van der Waals surface area contributed by atoms with Crippen molar-refractivity contribution < 1.29 is 9.13 Å². The first-order valence-electron chi connectivity index (χ1n) is 8.90. The zero-order valence-corrected chi connectivity index (χ0v) is 17.8. The largest absolute Gasteiger partial charge is 0.375 e. The molecule has 0 bridgehead atoms. The molecule has 4 rings (SSSR count). The van der Waals surface area contributed by atoms with Crippen LogP contribution in [0, 0.1) is 5.82 Å². The summed E-state index contributed by atoms with van der Waals surface area (Å²) in [6.45, 7) is 6.64. The highest BCUT2D eigenvalue weighted by molar-refractivity contribution is 9.10. The fraction of sp³-hybridized carbons (Fsp3) is 0.474. The lowest BCUT2D eigenvalue weighted by Gasteiger charge is -2.36. The Morgan fingerprint density at radius 2 is 2.22 bits per heavy atom. The molecule has 0 spiro atoms. The first-order valence-corrected chi connectivity index (χ1v) is 10.6. The average molecular weight is 454 g/mol. The van der Waals surface area contributed by atoms with Gasteiger partial charge in [0.25, 0.3) is 5.56 Å². The number of halogens is 2. The summed E-state index contributed by atoms with van der Waals surface area (Å²) in [5.74, 6) is 0.285. The van der Waals surface area contributed by atoms with E-state index in [-0.39, 0.29) is 23.0 Å². The van der Waals surface area contributed by atoms with E-state index in [1.165, 1.54) is 17.8 Å². The van der Waals surface area contributed by atoms with Crippen LogP contribution in [0.2, 0.25) is 0 Å². The number of fused-ring (bicyclic) bond motifs is 1. The SMILES string of the molecule is CC1=Nc2c(c(=O)[nH]n2[C@H]2CCOC(C)(C)C2)[C@@H](c2ccc(Br)cc2F)S1. The molecule has 1 aromatic carbocycles. The van der Waals surface area contributed by atoms with Crippen LogP contribution in [-0.2, 0) is 4.74 Å². The van der Waals surface area contributed by atoms with Crippen molar-refractivity contribution in [3.8, 4) is 0 Å². The van der Waals surface area contributed by atoms with Gasteiger partial charge in [0, 0.05) is 16.6 Å². The van der Waals surface area contributed by atoms with E-state index >= 15 is 0 Å². The number of hydrogen-bond acceptors (Lipinski definition) is 4. The van der Waals surface area contributed by atoms with Crippen LogP contribution < -0.4 is 5.56 Å². The van der Waals surface area contributed by atoms with E-state index in [4.69, 9.17) is 4.74 Å². The van der Waals surface area contributed by atoms with Gasteiger partial charge < -0.3 is 4.74 Å². The minimum absolute atomic E-state index is 0.0975. The van der Waals surface area contributed by atoms with Gasteiger partial charge in [-0.3, -0.25) is 14.6 Å². The van der Waals surface area contributed by atoms with Crippen LogP contribution in [0.4, 0.5) is 10.2 Å². The number of benzene rings is 1. The molecule has 2 aliphatic rings. The van der Waals surface area contributed by atoms with Crippen molar-refractivity contribution in [3.63, 3.8) is 0 Å². The van der Waals surface area contributed by atoms with Gasteiger partial charge in [0.1, 0.15) is 5.82 Å². The van der Waals surface area contributed by atoms with Gasteiger partial charge in [-0.2, -0.15) is 0 Å². The molecule has 27 heavy (non-hydrogen) atoms. The second-order valence-electron chi connectivity index (χ2n) is 7.60. The lowest BCUT2D eigenvalue weighted by molar-refractivity contribution is -0.0705. The normalized spacial score (nSPS) is 24.4. The molecule has 0 unspecified atom stereocenters. The molecule has 2 atom stereocenters. The van der Waals surface area contributed by atoms with Gasteiger partial charge in [-0.05, 0) is 45.7 Å². The zero-order chi connectivity index (χ0) is 19.3. The van der Waals surface area contributed by atoms with Gasteiger partial charge >= 0.3 is 0 Å². The van der Waals surface area contributed by atoms with Crippen LogP contribution in [0.25, 0.3) is 0 Å². The first-order chi connectivity index (χ1) is 12.7. The molecule has 1 saturated heterocycles. The van der Waals surface area contributed by atoms with E-state index in [9.17, 15) is 9.18 Å². The maximum absolute atomic E-state index is 14.6. The number of thioether (sulfide) groups is 1. The Bertz CT molecular complexity index is 982. The number of aromatic nitrogens is 2. The molecule has 2 aromatic rings. The van der Waals surface area contributed by atoms with E-state index < -0.39 is 5.25 Å². The number of hydrogen-bond donors (Lipinski definition) is 1. The van der Waals surface area contributed by atoms with Crippen molar-refractivity contribution in [2.24, 2.45) is 4.99 Å². The monoisotopic (exact) mass is 453 g/mol. The van der Waals surface area contributed by atoms with Crippen LogP contribution in [0.15, 0.2) is 32.5 Å². The van der Waals surface area contributed by atoms with Gasteiger partial charge in [0.05, 0.1) is 27.5 Å². The molecule has 1 aromatic heterocycles. The highest BCUT2D eigenvalue weighted by atomic mass is 79.9. The van der Waals surface area contributed by atoms with E-state index in [0.29, 0.717) is 28.0 Å². The fourth-order valence-electron chi connectivity index (χ4n) is 3.83. The second-order valence-corrected chi connectivity index (χ2v) is 9.81.